The summed E-state index contributed by atoms with van der Waals surface area (Å²) >= 11 is 6.20. The van der Waals surface area contributed by atoms with Crippen molar-refractivity contribution in [3.05, 3.63) is 28.8 Å². The fraction of sp³-hybridized carbons (Fsp3) is 0.652. The third-order valence-electron chi connectivity index (χ3n) is 7.83. The molecule has 5 heteroatoms. The summed E-state index contributed by atoms with van der Waals surface area (Å²) in [6.45, 7) is 2.62. The number of rotatable bonds is 3. The van der Waals surface area contributed by atoms with E-state index in [9.17, 15) is 9.59 Å². The van der Waals surface area contributed by atoms with Gasteiger partial charge in [0.05, 0.1) is 5.41 Å². The normalized spacial score (nSPS) is 36.0. The third kappa shape index (κ3) is 2.96. The molecule has 0 aromatic heterocycles. The Morgan fingerprint density at radius 3 is 2.39 bits per heavy atom. The lowest BCUT2D eigenvalue weighted by Crippen LogP contribution is -2.56. The Morgan fingerprint density at radius 2 is 1.75 bits per heavy atom. The standard InChI is InChI=1S/C23H29ClN2O2/c1-14-18(24)4-2-5-19(14)25-21(27)20-6-3-7-26(20)22(28)23-11-15-8-16(12-23)10-17(9-15)13-23/h2,4-5,15-17,20H,3,6-13H2,1H3,(H,25,27). The number of benzene rings is 1. The summed E-state index contributed by atoms with van der Waals surface area (Å²) in [6.07, 6.45) is 8.79. The predicted octanol–water partition coefficient (Wildman–Crippen LogP) is 4.79. The average Bonchev–Trinajstić information content (AvgIpc) is 3.13. The van der Waals surface area contributed by atoms with Gasteiger partial charge in [-0.05, 0) is 93.7 Å². The van der Waals surface area contributed by atoms with Crippen molar-refractivity contribution >= 4 is 29.1 Å². The molecular weight excluding hydrogens is 372 g/mol. The first kappa shape index (κ1) is 18.5. The summed E-state index contributed by atoms with van der Waals surface area (Å²) in [7, 11) is 0. The topological polar surface area (TPSA) is 49.4 Å². The number of amides is 2. The lowest BCUT2D eigenvalue weighted by atomic mass is 9.49. The minimum absolute atomic E-state index is 0.0686. The van der Waals surface area contributed by atoms with E-state index in [0.717, 1.165) is 61.1 Å². The Bertz CT molecular complexity index is 786. The van der Waals surface area contributed by atoms with Crippen LogP contribution >= 0.6 is 11.6 Å². The van der Waals surface area contributed by atoms with Gasteiger partial charge in [-0.1, -0.05) is 17.7 Å². The molecule has 2 amide bonds. The van der Waals surface area contributed by atoms with Gasteiger partial charge in [0.15, 0.2) is 0 Å². The first-order valence-electron chi connectivity index (χ1n) is 10.8. The minimum atomic E-state index is -0.348. The van der Waals surface area contributed by atoms with Crippen molar-refractivity contribution in [1.82, 2.24) is 4.90 Å². The van der Waals surface area contributed by atoms with Gasteiger partial charge in [0.2, 0.25) is 11.8 Å². The zero-order valence-corrected chi connectivity index (χ0v) is 17.3. The Morgan fingerprint density at radius 1 is 1.11 bits per heavy atom. The number of halogens is 1. The maximum atomic E-state index is 13.7. The lowest BCUT2D eigenvalue weighted by molar-refractivity contribution is -0.160. The molecule has 1 heterocycles. The van der Waals surface area contributed by atoms with Crippen LogP contribution in [0.1, 0.15) is 56.9 Å². The summed E-state index contributed by atoms with van der Waals surface area (Å²) in [5, 5.41) is 3.68. The Balaban J connectivity index is 1.35. The quantitative estimate of drug-likeness (QED) is 0.792. The number of carbonyl (C=O) groups is 2. The predicted molar refractivity (Wildman–Crippen MR) is 110 cm³/mol. The van der Waals surface area contributed by atoms with Gasteiger partial charge in [-0.25, -0.2) is 0 Å². The minimum Gasteiger partial charge on any atom is -0.330 e. The van der Waals surface area contributed by atoms with Crippen LogP contribution in [0.15, 0.2) is 18.2 Å². The SMILES string of the molecule is Cc1c(Cl)cccc1NC(=O)C1CCCN1C(=O)C12CC3CC(CC(C3)C1)C2. The first-order valence-corrected chi connectivity index (χ1v) is 11.2. The van der Waals surface area contributed by atoms with Crippen LogP contribution in [0.25, 0.3) is 0 Å². The van der Waals surface area contributed by atoms with Crippen LogP contribution in [-0.4, -0.2) is 29.3 Å². The molecule has 0 radical (unpaired) electrons. The van der Waals surface area contributed by atoms with Crippen LogP contribution in [0.5, 0.6) is 0 Å². The molecule has 1 N–H and O–H groups in total. The van der Waals surface area contributed by atoms with Crippen molar-refractivity contribution in [1.29, 1.82) is 0 Å². The summed E-state index contributed by atoms with van der Waals surface area (Å²) in [4.78, 5) is 28.7. The van der Waals surface area contributed by atoms with Gasteiger partial charge in [0.25, 0.3) is 0 Å². The lowest BCUT2D eigenvalue weighted by Gasteiger charge is -2.56. The van der Waals surface area contributed by atoms with Gasteiger partial charge >= 0.3 is 0 Å². The Labute approximate surface area is 172 Å². The smallest absolute Gasteiger partial charge is 0.247 e. The van der Waals surface area contributed by atoms with E-state index in [0.29, 0.717) is 11.6 Å². The molecular formula is C23H29ClN2O2. The molecule has 1 saturated heterocycles. The molecule has 1 unspecified atom stereocenters. The van der Waals surface area contributed by atoms with E-state index in [2.05, 4.69) is 5.32 Å². The number of hydrogen-bond acceptors (Lipinski definition) is 2. The maximum Gasteiger partial charge on any atom is 0.247 e. The van der Waals surface area contributed by atoms with E-state index < -0.39 is 0 Å². The van der Waals surface area contributed by atoms with Gasteiger partial charge in [-0.3, -0.25) is 9.59 Å². The number of carbonyl (C=O) groups excluding carboxylic acids is 2. The monoisotopic (exact) mass is 400 g/mol. The van der Waals surface area contributed by atoms with Crippen molar-refractivity contribution in [3.63, 3.8) is 0 Å². The van der Waals surface area contributed by atoms with Crippen LogP contribution in [0.3, 0.4) is 0 Å². The van der Waals surface area contributed by atoms with Crippen LogP contribution < -0.4 is 5.32 Å². The molecule has 4 nitrogen and oxygen atoms in total. The number of likely N-dealkylation sites (tertiary alicyclic amines) is 1. The summed E-state index contributed by atoms with van der Waals surface area (Å²) in [5.74, 6) is 2.41. The van der Waals surface area contributed by atoms with Crippen LogP contribution in [0.2, 0.25) is 5.02 Å². The highest BCUT2D eigenvalue weighted by Crippen LogP contribution is 2.60. The van der Waals surface area contributed by atoms with Crippen molar-refractivity contribution in [3.8, 4) is 0 Å². The molecule has 0 spiro atoms. The van der Waals surface area contributed by atoms with Crippen molar-refractivity contribution in [2.75, 3.05) is 11.9 Å². The molecule has 1 atom stereocenters. The van der Waals surface area contributed by atoms with Gasteiger partial charge in [-0.15, -0.1) is 0 Å². The van der Waals surface area contributed by atoms with Crippen molar-refractivity contribution in [2.24, 2.45) is 23.2 Å². The van der Waals surface area contributed by atoms with Crippen LogP contribution in [-0.2, 0) is 9.59 Å². The average molecular weight is 401 g/mol. The first-order chi connectivity index (χ1) is 13.4. The summed E-state index contributed by atoms with van der Waals surface area (Å²) < 4.78 is 0. The second kappa shape index (κ2) is 6.76. The van der Waals surface area contributed by atoms with Gasteiger partial charge in [0.1, 0.15) is 6.04 Å². The van der Waals surface area contributed by atoms with E-state index in [1.54, 1.807) is 0 Å². The Kier molecular flexibility index (Phi) is 4.46. The fourth-order valence-electron chi connectivity index (χ4n) is 6.92. The highest BCUT2D eigenvalue weighted by Gasteiger charge is 2.56. The van der Waals surface area contributed by atoms with Crippen molar-refractivity contribution < 1.29 is 9.59 Å². The molecule has 4 bridgehead atoms. The molecule has 1 aromatic carbocycles. The second-order valence-corrected chi connectivity index (χ2v) is 10.2. The van der Waals surface area contributed by atoms with Gasteiger partial charge in [0, 0.05) is 17.3 Å². The van der Waals surface area contributed by atoms with E-state index in [1.807, 2.05) is 30.0 Å². The molecule has 150 valence electrons. The number of anilines is 1. The van der Waals surface area contributed by atoms with E-state index in [-0.39, 0.29) is 23.3 Å². The second-order valence-electron chi connectivity index (χ2n) is 9.76. The number of nitrogens with one attached hydrogen (secondary N) is 1. The molecule has 6 rings (SSSR count). The molecule has 5 aliphatic rings. The fourth-order valence-corrected chi connectivity index (χ4v) is 7.09. The zero-order valence-electron chi connectivity index (χ0n) is 16.5. The highest BCUT2D eigenvalue weighted by atomic mass is 35.5. The maximum absolute atomic E-state index is 13.7. The summed E-state index contributed by atoms with van der Waals surface area (Å²) in [6, 6.07) is 5.20. The summed E-state index contributed by atoms with van der Waals surface area (Å²) in [5.41, 5.74) is 1.44. The molecule has 4 saturated carbocycles. The van der Waals surface area contributed by atoms with Crippen molar-refractivity contribution in [2.45, 2.75) is 64.3 Å². The van der Waals surface area contributed by atoms with E-state index in [1.165, 1.54) is 19.3 Å². The number of nitrogens with zero attached hydrogens (tertiary/aromatic N) is 1. The molecule has 5 fully saturated rings. The van der Waals surface area contributed by atoms with Crippen LogP contribution in [0, 0.1) is 30.1 Å². The number of hydrogen-bond donors (Lipinski definition) is 1. The molecule has 4 aliphatic carbocycles. The largest absolute Gasteiger partial charge is 0.330 e. The Hall–Kier alpha value is -1.55. The van der Waals surface area contributed by atoms with Gasteiger partial charge < -0.3 is 10.2 Å². The van der Waals surface area contributed by atoms with E-state index >= 15 is 0 Å². The molecule has 28 heavy (non-hydrogen) atoms. The zero-order chi connectivity index (χ0) is 19.5. The highest BCUT2D eigenvalue weighted by molar-refractivity contribution is 6.31. The van der Waals surface area contributed by atoms with Crippen LogP contribution in [0.4, 0.5) is 5.69 Å². The third-order valence-corrected chi connectivity index (χ3v) is 8.24. The van der Waals surface area contributed by atoms with Gasteiger partial charge in [-0.2, -0.15) is 0 Å². The molecule has 1 aromatic rings. The molecule has 1 aliphatic heterocycles. The van der Waals surface area contributed by atoms with E-state index in [4.69, 9.17) is 11.6 Å².